The summed E-state index contributed by atoms with van der Waals surface area (Å²) in [5.74, 6) is -1.35. The lowest BCUT2D eigenvalue weighted by atomic mass is 10.2. The van der Waals surface area contributed by atoms with Crippen LogP contribution in [-0.2, 0) is 10.0 Å². The predicted molar refractivity (Wildman–Crippen MR) is 102 cm³/mol. The molecule has 3 aromatic rings. The highest BCUT2D eigenvalue weighted by Gasteiger charge is 2.19. The number of carbonyl (C=O) groups is 1. The van der Waals surface area contributed by atoms with Crippen LogP contribution in [0.4, 0.5) is 21.5 Å². The van der Waals surface area contributed by atoms with Crippen LogP contribution in [0.15, 0.2) is 71.8 Å². The second kappa shape index (κ2) is 8.02. The molecule has 0 spiro atoms. The van der Waals surface area contributed by atoms with Gasteiger partial charge in [-0.3, -0.25) is 24.6 Å². The third kappa shape index (κ3) is 4.71. The Morgan fingerprint density at radius 3 is 2.38 bits per heavy atom. The molecule has 2 N–H and O–H groups in total. The first-order chi connectivity index (χ1) is 13.8. The lowest BCUT2D eigenvalue weighted by Gasteiger charge is -2.13. The van der Waals surface area contributed by atoms with Crippen LogP contribution in [0.2, 0.25) is 0 Å². The van der Waals surface area contributed by atoms with E-state index in [4.69, 9.17) is 0 Å². The van der Waals surface area contributed by atoms with Crippen molar-refractivity contribution >= 4 is 33.0 Å². The number of amides is 1. The number of non-ortho nitro benzene ring substituents is 1. The summed E-state index contributed by atoms with van der Waals surface area (Å²) in [6, 6.07) is 12.0. The highest BCUT2D eigenvalue weighted by molar-refractivity contribution is 7.92. The van der Waals surface area contributed by atoms with E-state index < -0.39 is 26.7 Å². The van der Waals surface area contributed by atoms with Gasteiger partial charge < -0.3 is 5.32 Å². The summed E-state index contributed by atoms with van der Waals surface area (Å²) >= 11 is 0. The summed E-state index contributed by atoms with van der Waals surface area (Å²) in [5, 5.41) is 13.2. The average molecular weight is 416 g/mol. The fraction of sp³-hybridized carbons (Fsp3) is 0. The van der Waals surface area contributed by atoms with Crippen molar-refractivity contribution in [2.45, 2.75) is 4.90 Å². The van der Waals surface area contributed by atoms with Crippen LogP contribution < -0.4 is 10.0 Å². The van der Waals surface area contributed by atoms with Crippen molar-refractivity contribution in [3.8, 4) is 0 Å². The highest BCUT2D eigenvalue weighted by Crippen LogP contribution is 2.27. The van der Waals surface area contributed by atoms with Crippen LogP contribution >= 0.6 is 0 Å². The van der Waals surface area contributed by atoms with Gasteiger partial charge >= 0.3 is 0 Å². The van der Waals surface area contributed by atoms with Crippen molar-refractivity contribution in [1.29, 1.82) is 0 Å². The Kier molecular flexibility index (Phi) is 5.50. The number of nitro benzene ring substituents is 1. The molecule has 3 rings (SSSR count). The summed E-state index contributed by atoms with van der Waals surface area (Å²) in [4.78, 5) is 25.9. The highest BCUT2D eigenvalue weighted by atomic mass is 32.2. The van der Waals surface area contributed by atoms with E-state index in [0.29, 0.717) is 0 Å². The number of hydrogen-bond donors (Lipinski definition) is 2. The summed E-state index contributed by atoms with van der Waals surface area (Å²) in [6.45, 7) is 0. The smallest absolute Gasteiger partial charge is 0.274 e. The van der Waals surface area contributed by atoms with Crippen LogP contribution in [0.1, 0.15) is 10.5 Å². The Morgan fingerprint density at radius 1 is 1.03 bits per heavy atom. The molecule has 2 aromatic carbocycles. The molecule has 0 aliphatic rings. The lowest BCUT2D eigenvalue weighted by molar-refractivity contribution is -0.384. The normalized spacial score (nSPS) is 10.9. The van der Waals surface area contributed by atoms with Gasteiger partial charge in [-0.1, -0.05) is 6.07 Å². The fourth-order valence-electron chi connectivity index (χ4n) is 2.34. The van der Waals surface area contributed by atoms with Crippen molar-refractivity contribution in [2.75, 3.05) is 10.0 Å². The number of carbonyl (C=O) groups excluding carboxylic acids is 1. The summed E-state index contributed by atoms with van der Waals surface area (Å²) in [5.41, 5.74) is -0.404. The molecule has 1 amide bonds. The van der Waals surface area contributed by atoms with Gasteiger partial charge in [-0.25, -0.2) is 12.8 Å². The summed E-state index contributed by atoms with van der Waals surface area (Å²) in [6.07, 6.45) is 1.41. The largest absolute Gasteiger partial charge is 0.319 e. The maximum absolute atomic E-state index is 13.7. The minimum absolute atomic E-state index is 0.00698. The molecule has 0 saturated carbocycles. The molecule has 0 fully saturated rings. The van der Waals surface area contributed by atoms with Crippen molar-refractivity contribution < 1.29 is 22.5 Å². The number of sulfonamides is 1. The summed E-state index contributed by atoms with van der Waals surface area (Å²) in [7, 11) is -4.20. The second-order valence-corrected chi connectivity index (χ2v) is 7.40. The molecule has 1 heterocycles. The number of benzene rings is 2. The molecule has 0 radical (unpaired) electrons. The Bertz CT molecular complexity index is 1170. The average Bonchev–Trinajstić information content (AvgIpc) is 2.70. The van der Waals surface area contributed by atoms with E-state index in [9.17, 15) is 27.7 Å². The zero-order chi connectivity index (χ0) is 21.0. The molecule has 0 unspecified atom stereocenters. The molecule has 9 nitrogen and oxygen atoms in total. The number of nitro groups is 1. The monoisotopic (exact) mass is 416 g/mol. The minimum Gasteiger partial charge on any atom is -0.319 e. The quantitative estimate of drug-likeness (QED) is 0.469. The van der Waals surface area contributed by atoms with Gasteiger partial charge in [0.15, 0.2) is 0 Å². The van der Waals surface area contributed by atoms with Gasteiger partial charge in [-0.15, -0.1) is 0 Å². The number of anilines is 2. The topological polar surface area (TPSA) is 131 Å². The number of nitrogens with zero attached hydrogens (tertiary/aromatic N) is 2. The minimum atomic E-state index is -4.20. The van der Waals surface area contributed by atoms with E-state index in [1.54, 1.807) is 12.1 Å². The first-order valence-electron chi connectivity index (χ1n) is 8.05. The molecule has 11 heteroatoms. The molecule has 29 heavy (non-hydrogen) atoms. The first kappa shape index (κ1) is 19.9. The van der Waals surface area contributed by atoms with E-state index in [1.807, 2.05) is 0 Å². The molecule has 0 atom stereocenters. The molecule has 1 aromatic heterocycles. The SMILES string of the molecule is O=C(Nc1ccc(F)cc1NS(=O)(=O)c1ccc([N+](=O)[O-])cc1)c1ccccn1. The van der Waals surface area contributed by atoms with Gasteiger partial charge in [0, 0.05) is 24.4 Å². The molecule has 148 valence electrons. The Balaban J connectivity index is 1.89. The Labute approximate surface area is 164 Å². The molecule has 0 aliphatic carbocycles. The standard InChI is InChI=1S/C18H13FN4O5S/c19-12-4-9-15(21-18(24)16-3-1-2-10-20-16)17(11-12)22-29(27,28)14-7-5-13(6-8-14)23(25)26/h1-11,22H,(H,21,24). The van der Waals surface area contributed by atoms with Gasteiger partial charge in [0.1, 0.15) is 11.5 Å². The number of aromatic nitrogens is 1. The van der Waals surface area contributed by atoms with Gasteiger partial charge in [0.2, 0.25) is 0 Å². The van der Waals surface area contributed by atoms with Crippen LogP contribution in [0, 0.1) is 15.9 Å². The molecule has 0 aliphatic heterocycles. The zero-order valence-corrected chi connectivity index (χ0v) is 15.4. The van der Waals surface area contributed by atoms with E-state index in [-0.39, 0.29) is 27.7 Å². The van der Waals surface area contributed by atoms with E-state index in [0.717, 1.165) is 36.4 Å². The molecular formula is C18H13FN4O5S. The van der Waals surface area contributed by atoms with Gasteiger partial charge in [0.05, 0.1) is 21.2 Å². The molecule has 0 saturated heterocycles. The lowest BCUT2D eigenvalue weighted by Crippen LogP contribution is -2.18. The van der Waals surface area contributed by atoms with Gasteiger partial charge in [0.25, 0.3) is 21.6 Å². The zero-order valence-electron chi connectivity index (χ0n) is 14.6. The molecule has 0 bridgehead atoms. The van der Waals surface area contributed by atoms with E-state index in [2.05, 4.69) is 15.0 Å². The fourth-order valence-corrected chi connectivity index (χ4v) is 3.41. The van der Waals surface area contributed by atoms with Crippen molar-refractivity contribution in [2.24, 2.45) is 0 Å². The van der Waals surface area contributed by atoms with Crippen molar-refractivity contribution in [3.63, 3.8) is 0 Å². The van der Waals surface area contributed by atoms with Gasteiger partial charge in [-0.05, 0) is 36.4 Å². The van der Waals surface area contributed by atoms with E-state index >= 15 is 0 Å². The van der Waals surface area contributed by atoms with Crippen LogP contribution in [0.5, 0.6) is 0 Å². The number of halogens is 1. The Hall–Kier alpha value is -3.86. The molecular weight excluding hydrogens is 403 g/mol. The third-order valence-electron chi connectivity index (χ3n) is 3.73. The number of pyridine rings is 1. The van der Waals surface area contributed by atoms with Crippen LogP contribution in [0.25, 0.3) is 0 Å². The van der Waals surface area contributed by atoms with Gasteiger partial charge in [-0.2, -0.15) is 0 Å². The third-order valence-corrected chi connectivity index (χ3v) is 5.11. The van der Waals surface area contributed by atoms with Crippen molar-refractivity contribution in [3.05, 3.63) is 88.5 Å². The predicted octanol–water partition coefficient (Wildman–Crippen LogP) is 3.18. The first-order valence-corrected chi connectivity index (χ1v) is 9.54. The maximum Gasteiger partial charge on any atom is 0.274 e. The number of hydrogen-bond acceptors (Lipinski definition) is 6. The van der Waals surface area contributed by atoms with Crippen LogP contribution in [-0.4, -0.2) is 24.2 Å². The van der Waals surface area contributed by atoms with Crippen LogP contribution in [0.3, 0.4) is 0 Å². The number of nitrogens with one attached hydrogen (secondary N) is 2. The Morgan fingerprint density at radius 2 is 1.76 bits per heavy atom. The second-order valence-electron chi connectivity index (χ2n) is 5.72. The number of rotatable bonds is 6. The van der Waals surface area contributed by atoms with Crippen molar-refractivity contribution in [1.82, 2.24) is 4.98 Å². The van der Waals surface area contributed by atoms with E-state index in [1.165, 1.54) is 18.3 Å². The maximum atomic E-state index is 13.7. The summed E-state index contributed by atoms with van der Waals surface area (Å²) < 4.78 is 41.0.